The number of fused-ring (bicyclic) bond motifs is 1. The lowest BCUT2D eigenvalue weighted by Crippen LogP contribution is -2.42. The maximum absolute atomic E-state index is 13.6. The summed E-state index contributed by atoms with van der Waals surface area (Å²) in [5.41, 5.74) is 1.21. The Morgan fingerprint density at radius 3 is 2.34 bits per heavy atom. The minimum absolute atomic E-state index is 0.0879. The van der Waals surface area contributed by atoms with Crippen molar-refractivity contribution in [3.05, 3.63) is 78.4 Å². The van der Waals surface area contributed by atoms with Crippen molar-refractivity contribution in [2.75, 3.05) is 31.2 Å². The first kappa shape index (κ1) is 24.4. The molecule has 0 saturated heterocycles. The number of methoxy groups -OCH3 is 1. The van der Waals surface area contributed by atoms with E-state index in [-0.39, 0.29) is 10.9 Å². The highest BCUT2D eigenvalue weighted by Crippen LogP contribution is 2.35. The topological polar surface area (TPSA) is 94.2 Å². The molecule has 3 aromatic carbocycles. The van der Waals surface area contributed by atoms with Crippen LogP contribution in [0.1, 0.15) is 24.9 Å². The number of benzene rings is 3. The predicted octanol–water partition coefficient (Wildman–Crippen LogP) is 3.93. The number of ether oxygens (including phenoxy) is 3. The van der Waals surface area contributed by atoms with Gasteiger partial charge in [-0.1, -0.05) is 37.3 Å². The summed E-state index contributed by atoms with van der Waals surface area (Å²) in [5.74, 6) is 1.26. The number of hydrogen-bond donors (Lipinski definition) is 1. The van der Waals surface area contributed by atoms with Gasteiger partial charge in [0, 0.05) is 6.07 Å². The molecule has 0 bridgehead atoms. The van der Waals surface area contributed by atoms with Gasteiger partial charge in [0.15, 0.2) is 11.5 Å². The number of hydrogen-bond acceptors (Lipinski definition) is 6. The van der Waals surface area contributed by atoms with Crippen molar-refractivity contribution in [3.63, 3.8) is 0 Å². The largest absolute Gasteiger partial charge is 0.497 e. The average molecular weight is 497 g/mol. The molecule has 1 atom stereocenters. The minimum Gasteiger partial charge on any atom is -0.497 e. The van der Waals surface area contributed by atoms with E-state index in [1.54, 1.807) is 43.5 Å². The van der Waals surface area contributed by atoms with Crippen LogP contribution in [0.3, 0.4) is 0 Å². The number of amides is 1. The first-order valence-electron chi connectivity index (χ1n) is 11.3. The Kier molecular flexibility index (Phi) is 7.45. The Hall–Kier alpha value is -3.72. The fourth-order valence-electron chi connectivity index (χ4n) is 3.85. The van der Waals surface area contributed by atoms with E-state index in [1.165, 1.54) is 12.1 Å². The summed E-state index contributed by atoms with van der Waals surface area (Å²) in [4.78, 5) is 13.2. The van der Waals surface area contributed by atoms with Crippen molar-refractivity contribution in [3.8, 4) is 17.2 Å². The Morgan fingerprint density at radius 1 is 1.00 bits per heavy atom. The normalized spacial score (nSPS) is 13.5. The van der Waals surface area contributed by atoms with E-state index in [1.807, 2.05) is 31.2 Å². The zero-order valence-corrected chi connectivity index (χ0v) is 20.5. The van der Waals surface area contributed by atoms with Crippen LogP contribution in [-0.4, -0.2) is 41.2 Å². The third-order valence-electron chi connectivity index (χ3n) is 5.69. The average Bonchev–Trinajstić information content (AvgIpc) is 2.90. The SMILES string of the molecule is CC[C@@H](NC(=O)CN(c1ccc2c(c1)OCCO2)S(=O)(=O)c1ccccc1)c1ccc(OC)cc1. The van der Waals surface area contributed by atoms with Gasteiger partial charge in [0.25, 0.3) is 10.0 Å². The summed E-state index contributed by atoms with van der Waals surface area (Å²) in [6.45, 7) is 2.34. The fourth-order valence-corrected chi connectivity index (χ4v) is 5.28. The standard InChI is InChI=1S/C26H28N2O6S/c1-3-23(19-9-12-21(32-2)13-10-19)27-26(29)18-28(35(30,31)22-7-5-4-6-8-22)20-11-14-24-25(17-20)34-16-15-33-24/h4-14,17,23H,3,15-16,18H2,1-2H3,(H,27,29)/t23-/m1/s1. The highest BCUT2D eigenvalue weighted by atomic mass is 32.2. The molecular weight excluding hydrogens is 468 g/mol. The van der Waals surface area contributed by atoms with Crippen molar-refractivity contribution >= 4 is 21.6 Å². The third kappa shape index (κ3) is 5.51. The van der Waals surface area contributed by atoms with Gasteiger partial charge in [-0.15, -0.1) is 0 Å². The van der Waals surface area contributed by atoms with E-state index >= 15 is 0 Å². The lowest BCUT2D eigenvalue weighted by molar-refractivity contribution is -0.120. The second-order valence-corrected chi connectivity index (χ2v) is 9.82. The number of carbonyl (C=O) groups excluding carboxylic acids is 1. The van der Waals surface area contributed by atoms with Crippen molar-refractivity contribution in [2.45, 2.75) is 24.3 Å². The lowest BCUT2D eigenvalue weighted by Gasteiger charge is -2.27. The molecular formula is C26H28N2O6S. The van der Waals surface area contributed by atoms with E-state index in [9.17, 15) is 13.2 Å². The van der Waals surface area contributed by atoms with Gasteiger partial charge in [0.2, 0.25) is 5.91 Å². The van der Waals surface area contributed by atoms with Gasteiger partial charge >= 0.3 is 0 Å². The highest BCUT2D eigenvalue weighted by Gasteiger charge is 2.29. The quantitative estimate of drug-likeness (QED) is 0.483. The number of nitrogens with one attached hydrogen (secondary N) is 1. The zero-order chi connectivity index (χ0) is 24.8. The van der Waals surface area contributed by atoms with Crippen molar-refractivity contribution in [1.29, 1.82) is 0 Å². The minimum atomic E-state index is -4.03. The molecule has 3 aromatic rings. The maximum Gasteiger partial charge on any atom is 0.264 e. The van der Waals surface area contributed by atoms with Crippen LogP contribution in [0.5, 0.6) is 17.2 Å². The molecule has 0 fully saturated rings. The highest BCUT2D eigenvalue weighted by molar-refractivity contribution is 7.92. The van der Waals surface area contributed by atoms with Crippen LogP contribution in [0.25, 0.3) is 0 Å². The van der Waals surface area contributed by atoms with Gasteiger partial charge in [-0.2, -0.15) is 0 Å². The van der Waals surface area contributed by atoms with Gasteiger partial charge < -0.3 is 19.5 Å². The number of nitrogens with zero attached hydrogens (tertiary/aromatic N) is 1. The molecule has 1 aliphatic heterocycles. The molecule has 4 rings (SSSR count). The monoisotopic (exact) mass is 496 g/mol. The van der Waals surface area contributed by atoms with Crippen molar-refractivity contribution in [2.24, 2.45) is 0 Å². The van der Waals surface area contributed by atoms with Gasteiger partial charge in [-0.3, -0.25) is 9.10 Å². The lowest BCUT2D eigenvalue weighted by atomic mass is 10.0. The van der Waals surface area contributed by atoms with Gasteiger partial charge in [-0.25, -0.2) is 8.42 Å². The molecule has 1 N–H and O–H groups in total. The van der Waals surface area contributed by atoms with Crippen LogP contribution < -0.4 is 23.8 Å². The summed E-state index contributed by atoms with van der Waals surface area (Å²) in [6.07, 6.45) is 0.632. The molecule has 0 radical (unpaired) electrons. The van der Waals surface area contributed by atoms with E-state index < -0.39 is 22.5 Å². The molecule has 1 aliphatic rings. The smallest absolute Gasteiger partial charge is 0.264 e. The van der Waals surface area contributed by atoms with Crippen LogP contribution in [0, 0.1) is 0 Å². The van der Waals surface area contributed by atoms with Crippen LogP contribution in [-0.2, 0) is 14.8 Å². The van der Waals surface area contributed by atoms with Crippen LogP contribution in [0.2, 0.25) is 0 Å². The van der Waals surface area contributed by atoms with Gasteiger partial charge in [0.1, 0.15) is 25.5 Å². The third-order valence-corrected chi connectivity index (χ3v) is 7.48. The Morgan fingerprint density at radius 2 is 1.69 bits per heavy atom. The molecule has 0 aliphatic carbocycles. The molecule has 0 aromatic heterocycles. The molecule has 1 heterocycles. The molecule has 0 saturated carbocycles. The van der Waals surface area contributed by atoms with E-state index in [4.69, 9.17) is 14.2 Å². The second-order valence-electron chi connectivity index (χ2n) is 7.95. The molecule has 0 spiro atoms. The Balaban J connectivity index is 1.62. The van der Waals surface area contributed by atoms with Gasteiger partial charge in [-0.05, 0) is 48.4 Å². The maximum atomic E-state index is 13.6. The first-order valence-corrected chi connectivity index (χ1v) is 12.8. The summed E-state index contributed by atoms with van der Waals surface area (Å²) in [7, 11) is -2.44. The Bertz CT molecular complexity index is 1260. The summed E-state index contributed by atoms with van der Waals surface area (Å²) in [6, 6.07) is 20.0. The number of carbonyl (C=O) groups is 1. The van der Waals surface area contributed by atoms with E-state index in [2.05, 4.69) is 5.32 Å². The van der Waals surface area contributed by atoms with E-state index in [0.29, 0.717) is 42.6 Å². The number of anilines is 1. The second kappa shape index (κ2) is 10.7. The number of sulfonamides is 1. The summed E-state index contributed by atoms with van der Waals surface area (Å²) < 4.78 is 44.7. The Labute approximate surface area is 205 Å². The van der Waals surface area contributed by atoms with Crippen LogP contribution >= 0.6 is 0 Å². The summed E-state index contributed by atoms with van der Waals surface area (Å²) in [5, 5.41) is 2.96. The van der Waals surface area contributed by atoms with Crippen molar-refractivity contribution in [1.82, 2.24) is 5.32 Å². The molecule has 1 amide bonds. The molecule has 8 nitrogen and oxygen atoms in total. The fraction of sp³-hybridized carbons (Fsp3) is 0.269. The predicted molar refractivity (Wildman–Crippen MR) is 133 cm³/mol. The van der Waals surface area contributed by atoms with E-state index in [0.717, 1.165) is 9.87 Å². The van der Waals surface area contributed by atoms with Crippen LogP contribution in [0.4, 0.5) is 5.69 Å². The summed E-state index contributed by atoms with van der Waals surface area (Å²) >= 11 is 0. The molecule has 35 heavy (non-hydrogen) atoms. The number of rotatable bonds is 9. The van der Waals surface area contributed by atoms with Gasteiger partial charge in [0.05, 0.1) is 23.7 Å². The zero-order valence-electron chi connectivity index (χ0n) is 19.6. The first-order chi connectivity index (χ1) is 16.9. The molecule has 0 unspecified atom stereocenters. The molecule has 9 heteroatoms. The molecule has 184 valence electrons. The van der Waals surface area contributed by atoms with Crippen molar-refractivity contribution < 1.29 is 27.4 Å². The van der Waals surface area contributed by atoms with Crippen LogP contribution in [0.15, 0.2) is 77.7 Å².